The van der Waals surface area contributed by atoms with E-state index in [0.717, 1.165) is 16.7 Å². The topological polar surface area (TPSA) is 82.1 Å². The maximum atomic E-state index is 12.8. The van der Waals surface area contributed by atoms with Crippen molar-refractivity contribution < 1.29 is 28.6 Å². The molecule has 0 N–H and O–H groups in total. The van der Waals surface area contributed by atoms with Crippen LogP contribution in [0.15, 0.2) is 65.6 Å². The molecule has 0 radical (unpaired) electrons. The van der Waals surface area contributed by atoms with Gasteiger partial charge in [0, 0.05) is 5.02 Å². The smallest absolute Gasteiger partial charge is 0.345 e. The van der Waals surface area contributed by atoms with Gasteiger partial charge in [0.05, 0.1) is 34.2 Å². The molecule has 2 amide bonds. The molecule has 0 unspecified atom stereocenters. The number of esters is 1. The molecule has 0 aromatic heterocycles. The van der Waals surface area contributed by atoms with E-state index < -0.39 is 17.1 Å². The second-order valence-corrected chi connectivity index (χ2v) is 9.78. The van der Waals surface area contributed by atoms with Crippen molar-refractivity contribution in [2.45, 2.75) is 0 Å². The first kappa shape index (κ1) is 26.9. The van der Waals surface area contributed by atoms with Crippen LogP contribution in [0, 0.1) is 0 Å². The van der Waals surface area contributed by atoms with Crippen molar-refractivity contribution in [1.82, 2.24) is 4.90 Å². The first-order valence-electron chi connectivity index (χ1n) is 10.7. The number of hydrogen-bond acceptors (Lipinski definition) is 7. The third-order valence-corrected chi connectivity index (χ3v) is 6.88. The highest BCUT2D eigenvalue weighted by Gasteiger charge is 2.35. The van der Waals surface area contributed by atoms with E-state index in [1.807, 2.05) is 0 Å². The number of imide groups is 1. The van der Waals surface area contributed by atoms with E-state index in [1.165, 1.54) is 25.3 Å². The summed E-state index contributed by atoms with van der Waals surface area (Å²) in [5.41, 5.74) is 0.641. The fraction of sp³-hybridized carbons (Fsp3) is 0.115. The molecular formula is C26H18Cl3NO6S. The Balaban J connectivity index is 1.47. The molecule has 7 nitrogen and oxygen atoms in total. The van der Waals surface area contributed by atoms with Crippen LogP contribution in [-0.2, 0) is 4.79 Å². The third kappa shape index (κ3) is 6.40. The molecule has 0 spiro atoms. The quantitative estimate of drug-likeness (QED) is 0.162. The SMILES string of the molecule is COc1cc(/C=C2\SC(=O)N(CCOc3ccc(Cl)cc3)C2=O)cc(Cl)c1OC(=O)c1ccccc1Cl. The van der Waals surface area contributed by atoms with E-state index in [9.17, 15) is 14.4 Å². The Morgan fingerprint density at radius 2 is 1.73 bits per heavy atom. The minimum atomic E-state index is -0.708. The van der Waals surface area contributed by atoms with Gasteiger partial charge in [-0.3, -0.25) is 14.5 Å². The number of hydrogen-bond donors (Lipinski definition) is 0. The van der Waals surface area contributed by atoms with Crippen molar-refractivity contribution >= 4 is 69.8 Å². The lowest BCUT2D eigenvalue weighted by Crippen LogP contribution is -2.32. The normalized spacial score (nSPS) is 14.3. The molecule has 1 heterocycles. The Morgan fingerprint density at radius 1 is 1.00 bits per heavy atom. The van der Waals surface area contributed by atoms with Crippen molar-refractivity contribution in [1.29, 1.82) is 0 Å². The Kier molecular flexibility index (Phi) is 8.66. The molecule has 0 aliphatic carbocycles. The molecule has 1 aliphatic heterocycles. The number of amides is 2. The number of rotatable bonds is 8. The van der Waals surface area contributed by atoms with E-state index in [4.69, 9.17) is 49.0 Å². The van der Waals surface area contributed by atoms with Gasteiger partial charge in [0.25, 0.3) is 11.1 Å². The Hall–Kier alpha value is -3.17. The van der Waals surface area contributed by atoms with Gasteiger partial charge in [0.15, 0.2) is 11.5 Å². The van der Waals surface area contributed by atoms with Gasteiger partial charge in [-0.25, -0.2) is 4.79 Å². The third-order valence-electron chi connectivity index (χ3n) is 5.11. The minimum Gasteiger partial charge on any atom is -0.493 e. The number of methoxy groups -OCH3 is 1. The molecule has 3 aromatic rings. The van der Waals surface area contributed by atoms with Gasteiger partial charge in [-0.1, -0.05) is 46.9 Å². The predicted molar refractivity (Wildman–Crippen MR) is 144 cm³/mol. The van der Waals surface area contributed by atoms with Gasteiger partial charge in [-0.15, -0.1) is 0 Å². The van der Waals surface area contributed by atoms with E-state index in [-0.39, 0.29) is 45.2 Å². The van der Waals surface area contributed by atoms with Crippen LogP contribution >= 0.6 is 46.6 Å². The fourth-order valence-corrected chi connectivity index (χ4v) is 4.79. The zero-order valence-corrected chi connectivity index (χ0v) is 22.3. The van der Waals surface area contributed by atoms with E-state index in [0.29, 0.717) is 16.3 Å². The lowest BCUT2D eigenvalue weighted by Gasteiger charge is -2.13. The number of carbonyl (C=O) groups excluding carboxylic acids is 3. The van der Waals surface area contributed by atoms with Crippen LogP contribution in [0.3, 0.4) is 0 Å². The molecule has 190 valence electrons. The van der Waals surface area contributed by atoms with Crippen molar-refractivity contribution in [2.24, 2.45) is 0 Å². The molecule has 11 heteroatoms. The summed E-state index contributed by atoms with van der Waals surface area (Å²) in [7, 11) is 1.39. The van der Waals surface area contributed by atoms with Crippen LogP contribution in [0.25, 0.3) is 6.08 Å². The molecule has 3 aromatic carbocycles. The van der Waals surface area contributed by atoms with Gasteiger partial charge >= 0.3 is 5.97 Å². The largest absolute Gasteiger partial charge is 0.493 e. The Morgan fingerprint density at radius 3 is 2.43 bits per heavy atom. The van der Waals surface area contributed by atoms with E-state index in [1.54, 1.807) is 48.5 Å². The van der Waals surface area contributed by atoms with Crippen LogP contribution in [-0.4, -0.2) is 42.3 Å². The minimum absolute atomic E-state index is 0.00121. The number of ether oxygens (including phenoxy) is 3. The highest BCUT2D eigenvalue weighted by atomic mass is 35.5. The summed E-state index contributed by atoms with van der Waals surface area (Å²) in [6, 6.07) is 16.2. The number of carbonyl (C=O) groups is 3. The molecule has 1 saturated heterocycles. The molecule has 1 aliphatic rings. The monoisotopic (exact) mass is 577 g/mol. The average molecular weight is 579 g/mol. The predicted octanol–water partition coefficient (Wildman–Crippen LogP) is 6.99. The van der Waals surface area contributed by atoms with E-state index in [2.05, 4.69) is 0 Å². The Labute approximate surface area is 231 Å². The summed E-state index contributed by atoms with van der Waals surface area (Å²) in [6.07, 6.45) is 1.51. The van der Waals surface area contributed by atoms with Gasteiger partial charge in [0.2, 0.25) is 0 Å². The van der Waals surface area contributed by atoms with Gasteiger partial charge in [-0.2, -0.15) is 0 Å². The molecule has 4 rings (SSSR count). The van der Waals surface area contributed by atoms with Crippen molar-refractivity contribution in [3.63, 3.8) is 0 Å². The summed E-state index contributed by atoms with van der Waals surface area (Å²) in [5.74, 6) is -0.433. The zero-order chi connectivity index (χ0) is 26.5. The molecule has 0 bridgehead atoms. The molecule has 0 atom stereocenters. The molecule has 37 heavy (non-hydrogen) atoms. The van der Waals surface area contributed by atoms with Crippen LogP contribution in [0.2, 0.25) is 15.1 Å². The standard InChI is InChI=1S/C26H18Cl3NO6S/c1-34-21-13-15(12-20(29)23(21)36-25(32)18-4-2-3-5-19(18)28)14-22-24(31)30(26(33)37-22)10-11-35-17-8-6-16(27)7-9-17/h2-9,12-14H,10-11H2,1H3/b22-14-. The maximum Gasteiger partial charge on any atom is 0.345 e. The van der Waals surface area contributed by atoms with Gasteiger partial charge < -0.3 is 14.2 Å². The van der Waals surface area contributed by atoms with Crippen LogP contribution in [0.1, 0.15) is 15.9 Å². The molecule has 1 fully saturated rings. The van der Waals surface area contributed by atoms with Gasteiger partial charge in [-0.05, 0) is 71.9 Å². The molecule has 0 saturated carbocycles. The van der Waals surface area contributed by atoms with Crippen LogP contribution < -0.4 is 14.2 Å². The van der Waals surface area contributed by atoms with Gasteiger partial charge in [0.1, 0.15) is 12.4 Å². The first-order chi connectivity index (χ1) is 17.8. The summed E-state index contributed by atoms with van der Waals surface area (Å²) >= 11 is 19.1. The zero-order valence-electron chi connectivity index (χ0n) is 19.2. The van der Waals surface area contributed by atoms with Crippen molar-refractivity contribution in [3.05, 3.63) is 91.8 Å². The highest BCUT2D eigenvalue weighted by Crippen LogP contribution is 2.39. The summed E-state index contributed by atoms with van der Waals surface area (Å²) in [5, 5.41) is 0.460. The second kappa shape index (κ2) is 11.9. The maximum absolute atomic E-state index is 12.8. The van der Waals surface area contributed by atoms with E-state index >= 15 is 0 Å². The van der Waals surface area contributed by atoms with Crippen LogP contribution in [0.4, 0.5) is 4.79 Å². The first-order valence-corrected chi connectivity index (χ1v) is 12.7. The highest BCUT2D eigenvalue weighted by molar-refractivity contribution is 8.18. The number of nitrogens with zero attached hydrogens (tertiary/aromatic N) is 1. The van der Waals surface area contributed by atoms with Crippen molar-refractivity contribution in [3.8, 4) is 17.2 Å². The fourth-order valence-electron chi connectivity index (χ4n) is 3.33. The average Bonchev–Trinajstić information content (AvgIpc) is 3.14. The molecular weight excluding hydrogens is 561 g/mol. The Bertz CT molecular complexity index is 1390. The summed E-state index contributed by atoms with van der Waals surface area (Å²) in [4.78, 5) is 39.2. The lowest BCUT2D eigenvalue weighted by molar-refractivity contribution is -0.123. The summed E-state index contributed by atoms with van der Waals surface area (Å²) < 4.78 is 16.4. The number of thioether (sulfide) groups is 1. The van der Waals surface area contributed by atoms with Crippen molar-refractivity contribution in [2.75, 3.05) is 20.3 Å². The summed E-state index contributed by atoms with van der Waals surface area (Å²) in [6.45, 7) is 0.198. The number of benzene rings is 3. The van der Waals surface area contributed by atoms with Crippen LogP contribution in [0.5, 0.6) is 17.2 Å². The lowest BCUT2D eigenvalue weighted by atomic mass is 10.1. The number of halogens is 3. The second-order valence-electron chi connectivity index (χ2n) is 7.54.